The van der Waals surface area contributed by atoms with Crippen LogP contribution in [0.4, 0.5) is 5.69 Å². The second-order valence-electron chi connectivity index (χ2n) is 4.27. The van der Waals surface area contributed by atoms with Crippen LogP contribution >= 0.6 is 27.3 Å². The predicted molar refractivity (Wildman–Crippen MR) is 83.9 cm³/mol. The second kappa shape index (κ2) is 6.22. The van der Waals surface area contributed by atoms with Crippen LogP contribution < -0.4 is 4.72 Å². The van der Waals surface area contributed by atoms with Crippen molar-refractivity contribution in [2.24, 2.45) is 0 Å². The Morgan fingerprint density at radius 3 is 2.67 bits per heavy atom. The van der Waals surface area contributed by atoms with Crippen LogP contribution in [-0.4, -0.2) is 13.3 Å². The SMILES string of the molecule is Cc1cscc1CNS(=O)(=O)c1cc(Br)ccc1[N+](=O)[O-]. The Kier molecular flexibility index (Phi) is 4.77. The number of nitro groups is 1. The highest BCUT2D eigenvalue weighted by molar-refractivity contribution is 9.10. The summed E-state index contributed by atoms with van der Waals surface area (Å²) in [5, 5.41) is 14.7. The lowest BCUT2D eigenvalue weighted by molar-refractivity contribution is -0.387. The van der Waals surface area contributed by atoms with Gasteiger partial charge in [-0.2, -0.15) is 11.3 Å². The molecule has 21 heavy (non-hydrogen) atoms. The summed E-state index contributed by atoms with van der Waals surface area (Å²) in [5.41, 5.74) is 1.38. The molecule has 6 nitrogen and oxygen atoms in total. The molecule has 1 aromatic heterocycles. The lowest BCUT2D eigenvalue weighted by atomic mass is 10.2. The van der Waals surface area contributed by atoms with Crippen molar-refractivity contribution in [2.45, 2.75) is 18.4 Å². The first-order chi connectivity index (χ1) is 9.81. The van der Waals surface area contributed by atoms with Crippen molar-refractivity contribution in [1.29, 1.82) is 0 Å². The number of sulfonamides is 1. The molecule has 9 heteroatoms. The summed E-state index contributed by atoms with van der Waals surface area (Å²) >= 11 is 4.60. The van der Waals surface area contributed by atoms with Crippen LogP contribution in [0.3, 0.4) is 0 Å². The first-order valence-electron chi connectivity index (χ1n) is 5.76. The van der Waals surface area contributed by atoms with Gasteiger partial charge in [0.05, 0.1) is 4.92 Å². The first kappa shape index (κ1) is 16.1. The van der Waals surface area contributed by atoms with Gasteiger partial charge in [0.2, 0.25) is 10.0 Å². The highest BCUT2D eigenvalue weighted by atomic mass is 79.9. The van der Waals surface area contributed by atoms with Crippen LogP contribution in [0.5, 0.6) is 0 Å². The minimum absolute atomic E-state index is 0.0985. The number of benzene rings is 1. The van der Waals surface area contributed by atoms with Crippen molar-refractivity contribution in [3.63, 3.8) is 0 Å². The van der Waals surface area contributed by atoms with Crippen LogP contribution in [0.25, 0.3) is 0 Å². The zero-order chi connectivity index (χ0) is 15.6. The zero-order valence-electron chi connectivity index (χ0n) is 10.9. The van der Waals surface area contributed by atoms with E-state index in [2.05, 4.69) is 20.7 Å². The summed E-state index contributed by atoms with van der Waals surface area (Å²) in [7, 11) is -3.97. The number of nitrogens with one attached hydrogen (secondary N) is 1. The molecule has 0 saturated carbocycles. The van der Waals surface area contributed by atoms with Gasteiger partial charge in [0, 0.05) is 17.1 Å². The molecule has 0 spiro atoms. The topological polar surface area (TPSA) is 89.3 Å². The number of aryl methyl sites for hydroxylation is 1. The number of hydrogen-bond donors (Lipinski definition) is 1. The largest absolute Gasteiger partial charge is 0.289 e. The summed E-state index contributed by atoms with van der Waals surface area (Å²) < 4.78 is 27.4. The lowest BCUT2D eigenvalue weighted by Gasteiger charge is -2.07. The summed E-state index contributed by atoms with van der Waals surface area (Å²) in [6, 6.07) is 3.82. The predicted octanol–water partition coefficient (Wildman–Crippen LogP) is 3.21. The van der Waals surface area contributed by atoms with Crippen LogP contribution in [0.15, 0.2) is 38.3 Å². The minimum Gasteiger partial charge on any atom is -0.258 e. The maximum absolute atomic E-state index is 12.3. The van der Waals surface area contributed by atoms with Crippen molar-refractivity contribution >= 4 is 43.0 Å². The van der Waals surface area contributed by atoms with E-state index in [-0.39, 0.29) is 11.4 Å². The van der Waals surface area contributed by atoms with Gasteiger partial charge in [-0.25, -0.2) is 13.1 Å². The maximum atomic E-state index is 12.3. The lowest BCUT2D eigenvalue weighted by Crippen LogP contribution is -2.24. The first-order valence-corrected chi connectivity index (χ1v) is 8.98. The van der Waals surface area contributed by atoms with E-state index in [1.165, 1.54) is 23.5 Å². The van der Waals surface area contributed by atoms with Crippen molar-refractivity contribution in [2.75, 3.05) is 0 Å². The van der Waals surface area contributed by atoms with Gasteiger partial charge < -0.3 is 0 Å². The van der Waals surface area contributed by atoms with E-state index in [1.54, 1.807) is 0 Å². The molecule has 1 heterocycles. The quantitative estimate of drug-likeness (QED) is 0.626. The third kappa shape index (κ3) is 3.67. The van der Waals surface area contributed by atoms with Crippen molar-refractivity contribution < 1.29 is 13.3 Å². The molecule has 0 aliphatic rings. The third-order valence-electron chi connectivity index (χ3n) is 2.82. The van der Waals surface area contributed by atoms with Crippen molar-refractivity contribution in [3.05, 3.63) is 54.7 Å². The van der Waals surface area contributed by atoms with Gasteiger partial charge in [0.1, 0.15) is 0 Å². The van der Waals surface area contributed by atoms with Gasteiger partial charge in [0.15, 0.2) is 4.90 Å². The number of halogens is 1. The van der Waals surface area contributed by atoms with Crippen LogP contribution in [0.2, 0.25) is 0 Å². The van der Waals surface area contributed by atoms with E-state index in [0.29, 0.717) is 4.47 Å². The van der Waals surface area contributed by atoms with Gasteiger partial charge in [-0.05, 0) is 40.9 Å². The Morgan fingerprint density at radius 1 is 1.38 bits per heavy atom. The van der Waals surface area contributed by atoms with E-state index in [4.69, 9.17) is 0 Å². The second-order valence-corrected chi connectivity index (χ2v) is 7.67. The zero-order valence-corrected chi connectivity index (χ0v) is 14.1. The molecule has 0 unspecified atom stereocenters. The van der Waals surface area contributed by atoms with Crippen molar-refractivity contribution in [1.82, 2.24) is 4.72 Å². The molecule has 1 aromatic carbocycles. The van der Waals surface area contributed by atoms with Crippen LogP contribution in [0, 0.1) is 17.0 Å². The normalized spacial score (nSPS) is 11.5. The van der Waals surface area contributed by atoms with Gasteiger partial charge in [-0.1, -0.05) is 15.9 Å². The average molecular weight is 391 g/mol. The maximum Gasteiger partial charge on any atom is 0.289 e. The number of rotatable bonds is 5. The molecule has 2 rings (SSSR count). The Labute approximate surface area is 134 Å². The number of nitrogens with zero attached hydrogens (tertiary/aromatic N) is 1. The van der Waals surface area contributed by atoms with Crippen LogP contribution in [-0.2, 0) is 16.6 Å². The molecule has 1 N–H and O–H groups in total. The summed E-state index contributed by atoms with van der Waals surface area (Å²) in [6.07, 6.45) is 0. The highest BCUT2D eigenvalue weighted by Gasteiger charge is 2.25. The molecule has 0 bridgehead atoms. The molecule has 2 aromatic rings. The average Bonchev–Trinajstić information content (AvgIpc) is 2.81. The molecular formula is C12H11BrN2O4S2. The molecule has 0 radical (unpaired) electrons. The van der Waals surface area contributed by atoms with E-state index in [1.807, 2.05) is 17.7 Å². The van der Waals surface area contributed by atoms with Gasteiger partial charge in [-0.15, -0.1) is 0 Å². The van der Waals surface area contributed by atoms with Gasteiger partial charge >= 0.3 is 0 Å². The molecule has 0 fully saturated rings. The minimum atomic E-state index is -3.97. The highest BCUT2D eigenvalue weighted by Crippen LogP contribution is 2.27. The molecule has 0 aliphatic heterocycles. The summed E-state index contributed by atoms with van der Waals surface area (Å²) in [6.45, 7) is 1.98. The van der Waals surface area contributed by atoms with Crippen molar-refractivity contribution in [3.8, 4) is 0 Å². The monoisotopic (exact) mass is 390 g/mol. The fourth-order valence-electron chi connectivity index (χ4n) is 1.67. The van der Waals surface area contributed by atoms with E-state index in [0.717, 1.165) is 17.2 Å². The fourth-order valence-corrected chi connectivity index (χ4v) is 4.24. The number of thiophene rings is 1. The fraction of sp³-hybridized carbons (Fsp3) is 0.167. The Bertz CT molecular complexity index is 786. The molecule has 0 amide bonds. The van der Waals surface area contributed by atoms with Gasteiger partial charge in [-0.3, -0.25) is 10.1 Å². The third-order valence-corrected chi connectivity index (χ3v) is 5.66. The number of hydrogen-bond acceptors (Lipinski definition) is 5. The number of nitro benzene ring substituents is 1. The van der Waals surface area contributed by atoms with E-state index < -0.39 is 20.6 Å². The summed E-state index contributed by atoms with van der Waals surface area (Å²) in [5.74, 6) is 0. The molecule has 0 aliphatic carbocycles. The summed E-state index contributed by atoms with van der Waals surface area (Å²) in [4.78, 5) is 9.90. The van der Waals surface area contributed by atoms with E-state index >= 15 is 0 Å². The van der Waals surface area contributed by atoms with E-state index in [9.17, 15) is 18.5 Å². The molecule has 0 atom stereocenters. The Balaban J connectivity index is 2.33. The standard InChI is InChI=1S/C12H11BrN2O4S2/c1-8-6-20-7-9(8)5-14-21(18,19)12-4-10(13)2-3-11(12)15(16)17/h2-4,6-7,14H,5H2,1H3. The molecule has 112 valence electrons. The molecular weight excluding hydrogens is 380 g/mol. The van der Waals surface area contributed by atoms with Crippen LogP contribution in [0.1, 0.15) is 11.1 Å². The Hall–Kier alpha value is -1.29. The Morgan fingerprint density at radius 2 is 2.10 bits per heavy atom. The smallest absolute Gasteiger partial charge is 0.258 e. The van der Waals surface area contributed by atoms with Gasteiger partial charge in [0.25, 0.3) is 5.69 Å². The molecule has 0 saturated heterocycles.